The van der Waals surface area contributed by atoms with E-state index in [0.717, 1.165) is 37.9 Å². The summed E-state index contributed by atoms with van der Waals surface area (Å²) in [6.07, 6.45) is 3.23. The molecule has 0 saturated carbocycles. The molecule has 2 nitrogen and oxygen atoms in total. The van der Waals surface area contributed by atoms with Crippen LogP contribution >= 0.6 is 0 Å². The lowest BCUT2D eigenvalue weighted by Gasteiger charge is -2.17. The van der Waals surface area contributed by atoms with Crippen LogP contribution in [-0.4, -0.2) is 24.5 Å². The van der Waals surface area contributed by atoms with E-state index < -0.39 is 0 Å². The van der Waals surface area contributed by atoms with Gasteiger partial charge in [-0.05, 0) is 50.6 Å². The molecule has 0 saturated heterocycles. The molecule has 0 amide bonds. The first-order chi connectivity index (χ1) is 8.11. The molecule has 0 heterocycles. The zero-order valence-corrected chi connectivity index (χ0v) is 10.8. The van der Waals surface area contributed by atoms with E-state index in [-0.39, 0.29) is 5.82 Å². The Hall–Kier alpha value is -0.930. The molecule has 96 valence electrons. The van der Waals surface area contributed by atoms with Crippen molar-refractivity contribution in [2.24, 2.45) is 5.73 Å². The first-order valence-corrected chi connectivity index (χ1v) is 6.30. The van der Waals surface area contributed by atoms with E-state index in [1.54, 1.807) is 0 Å². The largest absolute Gasteiger partial charge is 0.328 e. The van der Waals surface area contributed by atoms with E-state index in [9.17, 15) is 4.39 Å². The van der Waals surface area contributed by atoms with Gasteiger partial charge in [0.25, 0.3) is 0 Å². The molecular weight excluding hydrogens is 215 g/mol. The Kier molecular flexibility index (Phi) is 6.16. The third-order valence-corrected chi connectivity index (χ3v) is 3.00. The molecule has 0 bridgehead atoms. The standard InChI is InChI=1S/C14H23FN2/c1-3-14(16)5-4-10-17(2)11-12-6-8-13(15)9-7-12/h6-9,14H,3-5,10-11,16H2,1-2H3. The van der Waals surface area contributed by atoms with E-state index >= 15 is 0 Å². The Morgan fingerprint density at radius 3 is 2.53 bits per heavy atom. The van der Waals surface area contributed by atoms with Gasteiger partial charge in [0, 0.05) is 12.6 Å². The van der Waals surface area contributed by atoms with Crippen LogP contribution in [0.4, 0.5) is 4.39 Å². The molecule has 17 heavy (non-hydrogen) atoms. The van der Waals surface area contributed by atoms with Gasteiger partial charge >= 0.3 is 0 Å². The lowest BCUT2D eigenvalue weighted by molar-refractivity contribution is 0.313. The fourth-order valence-corrected chi connectivity index (χ4v) is 1.81. The molecule has 1 aromatic carbocycles. The molecule has 1 rings (SSSR count). The molecule has 1 atom stereocenters. The van der Waals surface area contributed by atoms with E-state index in [2.05, 4.69) is 18.9 Å². The number of hydrogen-bond acceptors (Lipinski definition) is 2. The van der Waals surface area contributed by atoms with Crippen molar-refractivity contribution in [3.05, 3.63) is 35.6 Å². The van der Waals surface area contributed by atoms with E-state index in [1.807, 2.05) is 12.1 Å². The molecule has 3 heteroatoms. The summed E-state index contributed by atoms with van der Waals surface area (Å²) < 4.78 is 12.7. The fourth-order valence-electron chi connectivity index (χ4n) is 1.81. The number of benzene rings is 1. The van der Waals surface area contributed by atoms with Crippen LogP contribution in [0.25, 0.3) is 0 Å². The number of hydrogen-bond donors (Lipinski definition) is 1. The number of nitrogens with zero attached hydrogens (tertiary/aromatic N) is 1. The van der Waals surface area contributed by atoms with Crippen LogP contribution < -0.4 is 5.73 Å². The minimum atomic E-state index is -0.176. The van der Waals surface area contributed by atoms with Gasteiger partial charge in [-0.25, -0.2) is 4.39 Å². The van der Waals surface area contributed by atoms with Crippen LogP contribution in [0, 0.1) is 5.82 Å². The fraction of sp³-hybridized carbons (Fsp3) is 0.571. The van der Waals surface area contributed by atoms with E-state index in [4.69, 9.17) is 5.73 Å². The molecule has 0 aliphatic rings. The maximum Gasteiger partial charge on any atom is 0.123 e. The van der Waals surface area contributed by atoms with Gasteiger partial charge in [-0.3, -0.25) is 0 Å². The van der Waals surface area contributed by atoms with Gasteiger partial charge < -0.3 is 10.6 Å². The zero-order valence-electron chi connectivity index (χ0n) is 10.8. The van der Waals surface area contributed by atoms with Gasteiger partial charge in [-0.1, -0.05) is 19.1 Å². The first kappa shape index (κ1) is 14.1. The van der Waals surface area contributed by atoms with Crippen LogP contribution in [0.2, 0.25) is 0 Å². The summed E-state index contributed by atoms with van der Waals surface area (Å²) in [6, 6.07) is 7.02. The summed E-state index contributed by atoms with van der Waals surface area (Å²) in [4.78, 5) is 2.25. The van der Waals surface area contributed by atoms with Gasteiger partial charge in [0.05, 0.1) is 0 Å². The van der Waals surface area contributed by atoms with Gasteiger partial charge in [-0.2, -0.15) is 0 Å². The number of halogens is 1. The van der Waals surface area contributed by atoms with Gasteiger partial charge in [-0.15, -0.1) is 0 Å². The molecule has 0 aliphatic carbocycles. The summed E-state index contributed by atoms with van der Waals surface area (Å²) in [5.41, 5.74) is 7.02. The molecule has 1 unspecified atom stereocenters. The summed E-state index contributed by atoms with van der Waals surface area (Å²) in [5.74, 6) is -0.176. The molecule has 1 aromatic rings. The topological polar surface area (TPSA) is 29.3 Å². The molecule has 0 fully saturated rings. The number of rotatable bonds is 7. The summed E-state index contributed by atoms with van der Waals surface area (Å²) in [7, 11) is 2.08. The van der Waals surface area contributed by atoms with Crippen molar-refractivity contribution >= 4 is 0 Å². The van der Waals surface area contributed by atoms with Crippen LogP contribution in [-0.2, 0) is 6.54 Å². The maximum atomic E-state index is 12.7. The van der Waals surface area contributed by atoms with E-state index in [1.165, 1.54) is 12.1 Å². The van der Waals surface area contributed by atoms with E-state index in [0.29, 0.717) is 6.04 Å². The minimum absolute atomic E-state index is 0.176. The van der Waals surface area contributed by atoms with Crippen molar-refractivity contribution < 1.29 is 4.39 Å². The predicted octanol–water partition coefficient (Wildman–Crippen LogP) is 2.78. The van der Waals surface area contributed by atoms with Crippen LogP contribution in [0.3, 0.4) is 0 Å². The SMILES string of the molecule is CCC(N)CCCN(C)Cc1ccc(F)cc1. The van der Waals surface area contributed by atoms with Crippen LogP contribution in [0.1, 0.15) is 31.7 Å². The minimum Gasteiger partial charge on any atom is -0.328 e. The second kappa shape index (κ2) is 7.41. The Balaban J connectivity index is 2.25. The zero-order chi connectivity index (χ0) is 12.7. The normalized spacial score (nSPS) is 13.0. The highest BCUT2D eigenvalue weighted by molar-refractivity contribution is 5.15. The molecule has 0 aliphatic heterocycles. The second-order valence-electron chi connectivity index (χ2n) is 4.67. The first-order valence-electron chi connectivity index (χ1n) is 6.30. The Morgan fingerprint density at radius 1 is 1.29 bits per heavy atom. The highest BCUT2D eigenvalue weighted by Crippen LogP contribution is 2.07. The third kappa shape index (κ3) is 5.80. The van der Waals surface area contributed by atoms with Gasteiger partial charge in [0.2, 0.25) is 0 Å². The lowest BCUT2D eigenvalue weighted by Crippen LogP contribution is -2.23. The maximum absolute atomic E-state index is 12.7. The van der Waals surface area contributed by atoms with Crippen LogP contribution in [0.5, 0.6) is 0 Å². The third-order valence-electron chi connectivity index (χ3n) is 3.00. The lowest BCUT2D eigenvalue weighted by atomic mass is 10.1. The van der Waals surface area contributed by atoms with Crippen molar-refractivity contribution in [1.29, 1.82) is 0 Å². The average Bonchev–Trinajstić information content (AvgIpc) is 2.32. The Morgan fingerprint density at radius 2 is 1.94 bits per heavy atom. The molecule has 0 spiro atoms. The van der Waals surface area contributed by atoms with Crippen molar-refractivity contribution in [1.82, 2.24) is 4.90 Å². The highest BCUT2D eigenvalue weighted by Gasteiger charge is 2.03. The summed E-state index contributed by atoms with van der Waals surface area (Å²) >= 11 is 0. The average molecular weight is 238 g/mol. The number of nitrogens with two attached hydrogens (primary N) is 1. The molecule has 0 radical (unpaired) electrons. The Labute approximate surface area is 104 Å². The monoisotopic (exact) mass is 238 g/mol. The molecule has 0 aromatic heterocycles. The quantitative estimate of drug-likeness (QED) is 0.791. The molecular formula is C14H23FN2. The summed E-state index contributed by atoms with van der Waals surface area (Å²) in [6.45, 7) is 4.01. The molecule has 2 N–H and O–H groups in total. The van der Waals surface area contributed by atoms with Crippen molar-refractivity contribution in [3.8, 4) is 0 Å². The van der Waals surface area contributed by atoms with Crippen molar-refractivity contribution in [2.45, 2.75) is 38.8 Å². The predicted molar refractivity (Wildman–Crippen MR) is 70.2 cm³/mol. The van der Waals surface area contributed by atoms with Crippen molar-refractivity contribution in [2.75, 3.05) is 13.6 Å². The van der Waals surface area contributed by atoms with Gasteiger partial charge in [0.1, 0.15) is 5.82 Å². The second-order valence-corrected chi connectivity index (χ2v) is 4.67. The van der Waals surface area contributed by atoms with Gasteiger partial charge in [0.15, 0.2) is 0 Å². The smallest absolute Gasteiger partial charge is 0.123 e. The summed E-state index contributed by atoms with van der Waals surface area (Å²) in [5, 5.41) is 0. The Bertz CT molecular complexity index is 311. The van der Waals surface area contributed by atoms with Crippen LogP contribution in [0.15, 0.2) is 24.3 Å². The van der Waals surface area contributed by atoms with Crippen molar-refractivity contribution in [3.63, 3.8) is 0 Å². The highest BCUT2D eigenvalue weighted by atomic mass is 19.1.